The minimum absolute atomic E-state index is 0.416. The van der Waals surface area contributed by atoms with E-state index in [1.165, 1.54) is 0 Å². The number of carbonyl (C=O) groups is 1. The van der Waals surface area contributed by atoms with Gasteiger partial charge in [-0.25, -0.2) is 4.79 Å². The van der Waals surface area contributed by atoms with Gasteiger partial charge in [-0.15, -0.1) is 0 Å². The first-order valence-corrected chi connectivity index (χ1v) is 14.1. The highest BCUT2D eigenvalue weighted by molar-refractivity contribution is 7.99. The van der Waals surface area contributed by atoms with Crippen LogP contribution in [0.1, 0.15) is 50.2 Å². The maximum absolute atomic E-state index is 12.6. The monoisotopic (exact) mass is 564 g/mol. The second-order valence-corrected chi connectivity index (χ2v) is 12.1. The van der Waals surface area contributed by atoms with E-state index in [0.717, 1.165) is 48.6 Å². The lowest BCUT2D eigenvalue weighted by atomic mass is 9.96. The van der Waals surface area contributed by atoms with E-state index >= 15 is 0 Å². The van der Waals surface area contributed by atoms with Gasteiger partial charge in [-0.3, -0.25) is 9.98 Å². The van der Waals surface area contributed by atoms with Crippen LogP contribution in [-0.4, -0.2) is 27.0 Å². The van der Waals surface area contributed by atoms with Gasteiger partial charge in [0.15, 0.2) is 11.9 Å². The zero-order chi connectivity index (χ0) is 29.4. The molecule has 8 nitrogen and oxygen atoms in total. The van der Waals surface area contributed by atoms with Gasteiger partial charge in [0.2, 0.25) is 0 Å². The van der Waals surface area contributed by atoms with Gasteiger partial charge in [0, 0.05) is 35.6 Å². The van der Waals surface area contributed by atoms with Gasteiger partial charge in [0.1, 0.15) is 5.60 Å². The van der Waals surface area contributed by atoms with Gasteiger partial charge in [0.25, 0.3) is 0 Å². The van der Waals surface area contributed by atoms with Crippen LogP contribution in [-0.2, 0) is 17.4 Å². The zero-order valence-corrected chi connectivity index (χ0v) is 24.8. The second kappa shape index (κ2) is 10.8. The van der Waals surface area contributed by atoms with E-state index in [4.69, 9.17) is 9.73 Å². The van der Waals surface area contributed by atoms with Crippen molar-refractivity contribution in [3.63, 3.8) is 0 Å². The predicted octanol–water partition coefficient (Wildman–Crippen LogP) is 7.24. The second-order valence-electron chi connectivity index (χ2n) is 11.0. The van der Waals surface area contributed by atoms with Gasteiger partial charge >= 0.3 is 6.09 Å². The molecule has 0 saturated heterocycles. The van der Waals surface area contributed by atoms with Crippen LogP contribution in [0.5, 0.6) is 0 Å². The third kappa shape index (κ3) is 5.56. The number of fused-ring (bicyclic) bond motifs is 1. The Hall–Kier alpha value is -4.55. The number of ether oxygens (including phenoxy) is 1. The summed E-state index contributed by atoms with van der Waals surface area (Å²) in [5.74, 6) is 0. The fourth-order valence-electron chi connectivity index (χ4n) is 4.74. The highest BCUT2D eigenvalue weighted by atomic mass is 32.2. The van der Waals surface area contributed by atoms with Crippen molar-refractivity contribution in [1.29, 1.82) is 5.26 Å². The number of carbonyl (C=O) groups excluding carboxylic acids is 1. The molecular formula is C32H32N6O2S. The first-order chi connectivity index (χ1) is 19.5. The number of aromatic nitrogens is 2. The molecule has 1 aliphatic heterocycles. The molecule has 1 unspecified atom stereocenters. The van der Waals surface area contributed by atoms with Crippen LogP contribution in [0.15, 0.2) is 93.9 Å². The van der Waals surface area contributed by atoms with Crippen LogP contribution in [0.3, 0.4) is 0 Å². The fourth-order valence-corrected chi connectivity index (χ4v) is 5.81. The van der Waals surface area contributed by atoms with E-state index in [2.05, 4.69) is 41.0 Å². The molecule has 0 aliphatic carbocycles. The Bertz CT molecular complexity index is 1650. The van der Waals surface area contributed by atoms with Crippen LogP contribution in [0.2, 0.25) is 0 Å². The molecule has 5 rings (SSSR count). The lowest BCUT2D eigenvalue weighted by Crippen LogP contribution is -2.36. The summed E-state index contributed by atoms with van der Waals surface area (Å²) in [6.45, 7) is 9.44. The minimum Gasteiger partial charge on any atom is -0.443 e. The summed E-state index contributed by atoms with van der Waals surface area (Å²) in [5, 5.41) is 13.4. The number of hydrogen-bond donors (Lipinski definition) is 1. The standard InChI is InChI=1S/C32H32N6O2S/c1-21-29(41-25-10-8-7-9-11-25)27-28(37(21)6)26(22-16-18-34-19-17-22)35-32(5,36-27)23-12-14-24(15-13-23)38(20-33)30(39)40-31(2,3)4/h7-19,36H,1-6H3. The Kier molecular flexibility index (Phi) is 7.37. The molecule has 41 heavy (non-hydrogen) atoms. The van der Waals surface area contributed by atoms with Crippen molar-refractivity contribution in [3.05, 3.63) is 102 Å². The van der Waals surface area contributed by atoms with E-state index in [1.54, 1.807) is 57.1 Å². The van der Waals surface area contributed by atoms with Crippen molar-refractivity contribution in [1.82, 2.24) is 9.55 Å². The Balaban J connectivity index is 1.59. The molecule has 2 aromatic carbocycles. The number of hydrogen-bond acceptors (Lipinski definition) is 7. The normalized spacial score (nSPS) is 16.2. The molecule has 0 radical (unpaired) electrons. The first kappa shape index (κ1) is 28.0. The largest absolute Gasteiger partial charge is 0.443 e. The Morgan fingerprint density at radius 2 is 1.73 bits per heavy atom. The minimum atomic E-state index is -0.840. The van der Waals surface area contributed by atoms with E-state index in [-0.39, 0.29) is 0 Å². The quantitative estimate of drug-likeness (QED) is 0.203. The maximum atomic E-state index is 12.6. The number of nitriles is 1. The molecule has 1 aliphatic rings. The van der Waals surface area contributed by atoms with E-state index < -0.39 is 17.4 Å². The SMILES string of the molecule is Cc1c(Sc2ccccc2)c2c(n1C)C(c1ccncc1)=NC(C)(c1ccc(N(C#N)C(=O)OC(C)(C)C)cc1)N2. The van der Waals surface area contributed by atoms with Gasteiger partial charge in [-0.2, -0.15) is 10.2 Å². The summed E-state index contributed by atoms with van der Waals surface area (Å²) >= 11 is 1.71. The predicted molar refractivity (Wildman–Crippen MR) is 162 cm³/mol. The number of pyridine rings is 1. The van der Waals surface area contributed by atoms with Gasteiger partial charge in [0.05, 0.1) is 27.7 Å². The van der Waals surface area contributed by atoms with Gasteiger partial charge < -0.3 is 14.6 Å². The van der Waals surface area contributed by atoms with Gasteiger partial charge in [-0.05, 0) is 76.6 Å². The number of aliphatic imine (C=N–C) groups is 1. The molecular weight excluding hydrogens is 532 g/mol. The Morgan fingerprint density at radius 3 is 2.34 bits per heavy atom. The highest BCUT2D eigenvalue weighted by Crippen LogP contribution is 2.46. The lowest BCUT2D eigenvalue weighted by Gasteiger charge is -2.34. The number of anilines is 2. The van der Waals surface area contributed by atoms with Crippen molar-refractivity contribution in [3.8, 4) is 6.19 Å². The highest BCUT2D eigenvalue weighted by Gasteiger charge is 2.37. The number of rotatable bonds is 5. The molecule has 1 N–H and O–H groups in total. The third-order valence-electron chi connectivity index (χ3n) is 6.84. The maximum Gasteiger partial charge on any atom is 0.428 e. The van der Waals surface area contributed by atoms with Crippen molar-refractivity contribution >= 4 is 34.9 Å². The zero-order valence-electron chi connectivity index (χ0n) is 24.0. The van der Waals surface area contributed by atoms with E-state index in [1.807, 2.05) is 55.6 Å². The number of amides is 1. The molecule has 1 atom stereocenters. The summed E-state index contributed by atoms with van der Waals surface area (Å²) in [7, 11) is 2.06. The molecule has 0 bridgehead atoms. The Labute approximate surface area is 244 Å². The number of nitrogens with zero attached hydrogens (tertiary/aromatic N) is 5. The lowest BCUT2D eigenvalue weighted by molar-refractivity contribution is 0.0599. The number of benzene rings is 2. The van der Waals surface area contributed by atoms with Crippen LogP contribution in [0, 0.1) is 18.4 Å². The molecule has 9 heteroatoms. The number of nitrogens with one attached hydrogen (secondary N) is 1. The average Bonchev–Trinajstić information content (AvgIpc) is 3.17. The first-order valence-electron chi connectivity index (χ1n) is 13.2. The summed E-state index contributed by atoms with van der Waals surface area (Å²) < 4.78 is 7.59. The molecule has 0 spiro atoms. The van der Waals surface area contributed by atoms with Crippen molar-refractivity contribution in [2.75, 3.05) is 10.2 Å². The summed E-state index contributed by atoms with van der Waals surface area (Å²) in [6, 6.07) is 21.5. The van der Waals surface area contributed by atoms with Crippen LogP contribution >= 0.6 is 11.8 Å². The van der Waals surface area contributed by atoms with Crippen LogP contribution in [0.4, 0.5) is 16.2 Å². The topological polar surface area (TPSA) is 95.5 Å². The molecule has 4 aromatic rings. The smallest absolute Gasteiger partial charge is 0.428 e. The molecule has 1 amide bonds. The van der Waals surface area contributed by atoms with Crippen molar-refractivity contribution in [2.45, 2.75) is 55.7 Å². The molecule has 3 heterocycles. The molecule has 208 valence electrons. The average molecular weight is 565 g/mol. The van der Waals surface area contributed by atoms with Crippen molar-refractivity contribution < 1.29 is 9.53 Å². The van der Waals surface area contributed by atoms with Crippen molar-refractivity contribution in [2.24, 2.45) is 12.0 Å². The third-order valence-corrected chi connectivity index (χ3v) is 8.05. The van der Waals surface area contributed by atoms with E-state index in [0.29, 0.717) is 5.69 Å². The Morgan fingerprint density at radius 1 is 1.07 bits per heavy atom. The molecule has 2 aromatic heterocycles. The van der Waals surface area contributed by atoms with Crippen LogP contribution < -0.4 is 10.2 Å². The molecule has 0 fully saturated rings. The summed E-state index contributed by atoms with van der Waals surface area (Å²) in [4.78, 5) is 25.3. The van der Waals surface area contributed by atoms with E-state index in [9.17, 15) is 10.1 Å². The van der Waals surface area contributed by atoms with Crippen LogP contribution in [0.25, 0.3) is 0 Å². The summed E-state index contributed by atoms with van der Waals surface area (Å²) in [6.07, 6.45) is 4.76. The molecule has 0 saturated carbocycles. The summed E-state index contributed by atoms with van der Waals surface area (Å²) in [5.41, 5.74) is 4.67. The fraction of sp³-hybridized carbons (Fsp3) is 0.250. The van der Waals surface area contributed by atoms with Gasteiger partial charge in [-0.1, -0.05) is 42.1 Å².